The molecule has 21 heavy (non-hydrogen) atoms. The van der Waals surface area contributed by atoms with E-state index in [2.05, 4.69) is 5.32 Å². The van der Waals surface area contributed by atoms with Gasteiger partial charge >= 0.3 is 6.09 Å². The first-order valence-corrected chi connectivity index (χ1v) is 6.97. The van der Waals surface area contributed by atoms with Crippen molar-refractivity contribution in [3.05, 3.63) is 23.3 Å². The third-order valence-corrected chi connectivity index (χ3v) is 2.90. The van der Waals surface area contributed by atoms with Crippen molar-refractivity contribution >= 4 is 11.8 Å². The molecule has 0 fully saturated rings. The predicted molar refractivity (Wildman–Crippen MR) is 83.1 cm³/mol. The summed E-state index contributed by atoms with van der Waals surface area (Å²) in [6.07, 6.45) is 0.237. The van der Waals surface area contributed by atoms with Gasteiger partial charge in [-0.1, -0.05) is 13.0 Å². The van der Waals surface area contributed by atoms with Crippen LogP contribution in [0.5, 0.6) is 5.75 Å². The Bertz CT molecular complexity index is 510. The molecule has 6 nitrogen and oxygen atoms in total. The Morgan fingerprint density at radius 3 is 2.57 bits per heavy atom. The second kappa shape index (κ2) is 6.67. The minimum absolute atomic E-state index is 0.0364. The van der Waals surface area contributed by atoms with Crippen LogP contribution in [0.1, 0.15) is 44.9 Å². The molecule has 0 aromatic heterocycles. The summed E-state index contributed by atoms with van der Waals surface area (Å²) >= 11 is 0. The van der Waals surface area contributed by atoms with Crippen molar-refractivity contribution in [2.75, 3.05) is 12.3 Å². The first-order valence-electron chi connectivity index (χ1n) is 6.97. The highest BCUT2D eigenvalue weighted by Gasteiger charge is 2.19. The van der Waals surface area contributed by atoms with E-state index in [4.69, 9.17) is 16.2 Å². The van der Waals surface area contributed by atoms with Crippen molar-refractivity contribution in [2.24, 2.45) is 5.73 Å². The molecule has 118 valence electrons. The number of rotatable bonds is 4. The van der Waals surface area contributed by atoms with Gasteiger partial charge in [-0.05, 0) is 38.8 Å². The molecule has 1 unspecified atom stereocenters. The highest BCUT2D eigenvalue weighted by atomic mass is 16.6. The molecule has 0 aliphatic rings. The lowest BCUT2D eigenvalue weighted by molar-refractivity contribution is 0.0524. The van der Waals surface area contributed by atoms with Crippen molar-refractivity contribution in [1.82, 2.24) is 5.32 Å². The molecule has 0 saturated heterocycles. The lowest BCUT2D eigenvalue weighted by atomic mass is 10.0. The number of nitrogens with two attached hydrogens (primary N) is 2. The van der Waals surface area contributed by atoms with Crippen molar-refractivity contribution in [3.63, 3.8) is 0 Å². The van der Waals surface area contributed by atoms with Gasteiger partial charge in [0.25, 0.3) is 0 Å². The average Bonchev–Trinajstić information content (AvgIpc) is 2.37. The van der Waals surface area contributed by atoms with Crippen molar-refractivity contribution in [1.29, 1.82) is 0 Å². The van der Waals surface area contributed by atoms with Crippen LogP contribution in [0.15, 0.2) is 12.1 Å². The first kappa shape index (κ1) is 17.1. The van der Waals surface area contributed by atoms with E-state index >= 15 is 0 Å². The van der Waals surface area contributed by atoms with Gasteiger partial charge in [0.1, 0.15) is 11.4 Å². The Labute approximate surface area is 125 Å². The molecular formula is C15H25N3O3. The van der Waals surface area contributed by atoms with E-state index in [1.165, 1.54) is 0 Å². The fraction of sp³-hybridized carbons (Fsp3) is 0.533. The Morgan fingerprint density at radius 1 is 1.43 bits per heavy atom. The maximum Gasteiger partial charge on any atom is 0.407 e. The minimum Gasteiger partial charge on any atom is -0.505 e. The van der Waals surface area contributed by atoms with Crippen LogP contribution in [-0.2, 0) is 11.2 Å². The largest absolute Gasteiger partial charge is 0.505 e. The number of hydrogen-bond acceptors (Lipinski definition) is 5. The number of phenols is 1. The van der Waals surface area contributed by atoms with E-state index in [1.807, 2.05) is 6.92 Å². The number of carbonyl (C=O) groups is 1. The summed E-state index contributed by atoms with van der Waals surface area (Å²) in [6, 6.07) is 2.95. The molecule has 1 amide bonds. The minimum atomic E-state index is -0.567. The van der Waals surface area contributed by atoms with Crippen LogP contribution in [0, 0.1) is 0 Å². The number of anilines is 1. The Kier molecular flexibility index (Phi) is 5.43. The van der Waals surface area contributed by atoms with Gasteiger partial charge in [0.15, 0.2) is 0 Å². The van der Waals surface area contributed by atoms with Gasteiger partial charge in [-0.15, -0.1) is 0 Å². The van der Waals surface area contributed by atoms with Crippen LogP contribution in [-0.4, -0.2) is 23.3 Å². The number of phenolic OH excluding ortho intramolecular Hbond substituents is 1. The van der Waals surface area contributed by atoms with Crippen LogP contribution in [0.2, 0.25) is 0 Å². The zero-order valence-corrected chi connectivity index (χ0v) is 13.1. The zero-order chi connectivity index (χ0) is 16.2. The fourth-order valence-corrected chi connectivity index (χ4v) is 1.85. The normalized spacial score (nSPS) is 12.8. The number of benzene rings is 1. The van der Waals surface area contributed by atoms with Gasteiger partial charge in [0.2, 0.25) is 0 Å². The number of nitrogens with one attached hydrogen (secondary N) is 1. The second-order valence-electron chi connectivity index (χ2n) is 5.97. The topological polar surface area (TPSA) is 111 Å². The number of ether oxygens (including phenoxy) is 1. The van der Waals surface area contributed by atoms with Crippen LogP contribution in [0.3, 0.4) is 0 Å². The number of aromatic hydroxyl groups is 1. The van der Waals surface area contributed by atoms with Gasteiger partial charge in [-0.25, -0.2) is 4.79 Å². The van der Waals surface area contributed by atoms with Gasteiger partial charge < -0.3 is 26.6 Å². The van der Waals surface area contributed by atoms with Crippen LogP contribution in [0.25, 0.3) is 0 Å². The Balaban J connectivity index is 2.74. The molecule has 1 atom stereocenters. The number of amides is 1. The summed E-state index contributed by atoms with van der Waals surface area (Å²) in [5.74, 6) is -0.0364. The van der Waals surface area contributed by atoms with Gasteiger partial charge in [-0.3, -0.25) is 0 Å². The molecule has 0 radical (unpaired) electrons. The lowest BCUT2D eigenvalue weighted by Gasteiger charge is -2.21. The highest BCUT2D eigenvalue weighted by Crippen LogP contribution is 2.30. The van der Waals surface area contributed by atoms with Crippen LogP contribution in [0.4, 0.5) is 10.5 Å². The molecule has 6 N–H and O–H groups in total. The number of hydrogen-bond donors (Lipinski definition) is 4. The number of alkyl carbamates (subject to hydrolysis) is 1. The monoisotopic (exact) mass is 295 g/mol. The van der Waals surface area contributed by atoms with Crippen molar-refractivity contribution in [3.8, 4) is 5.75 Å². The van der Waals surface area contributed by atoms with E-state index < -0.39 is 17.7 Å². The van der Waals surface area contributed by atoms with E-state index in [0.29, 0.717) is 5.56 Å². The number of nitrogen functional groups attached to an aromatic ring is 1. The predicted octanol–water partition coefficient (Wildman–Crippen LogP) is 2.06. The molecule has 0 bridgehead atoms. The van der Waals surface area contributed by atoms with Crippen molar-refractivity contribution < 1.29 is 14.6 Å². The maximum absolute atomic E-state index is 11.6. The molecule has 1 aromatic rings. The standard InChI is InChI=1S/C15H25N3O3/c1-5-9-6-10(13(19)11(16)7-9)12(17)8-18-14(20)21-15(2,3)4/h6-7,12,19H,5,8,16-17H2,1-4H3,(H,18,20). The molecule has 0 heterocycles. The quantitative estimate of drug-likeness (QED) is 0.502. The third-order valence-electron chi connectivity index (χ3n) is 2.90. The average molecular weight is 295 g/mol. The van der Waals surface area contributed by atoms with Crippen LogP contribution >= 0.6 is 0 Å². The molecule has 6 heteroatoms. The Hall–Kier alpha value is -1.95. The molecule has 0 aliphatic heterocycles. The summed E-state index contributed by atoms with van der Waals surface area (Å²) < 4.78 is 5.13. The van der Waals surface area contributed by atoms with Gasteiger partial charge in [0.05, 0.1) is 11.7 Å². The highest BCUT2D eigenvalue weighted by molar-refractivity contribution is 5.68. The third kappa shape index (κ3) is 5.15. The molecular weight excluding hydrogens is 270 g/mol. The molecule has 0 spiro atoms. The second-order valence-corrected chi connectivity index (χ2v) is 5.97. The van der Waals surface area contributed by atoms with E-state index in [9.17, 15) is 9.90 Å². The maximum atomic E-state index is 11.6. The van der Waals surface area contributed by atoms with E-state index in [0.717, 1.165) is 12.0 Å². The molecule has 0 saturated carbocycles. The van der Waals surface area contributed by atoms with E-state index in [1.54, 1.807) is 32.9 Å². The SMILES string of the molecule is CCc1cc(N)c(O)c(C(N)CNC(=O)OC(C)(C)C)c1. The summed E-state index contributed by atoms with van der Waals surface area (Å²) in [4.78, 5) is 11.6. The summed E-state index contributed by atoms with van der Waals surface area (Å²) in [5.41, 5.74) is 13.0. The summed E-state index contributed by atoms with van der Waals surface area (Å²) in [6.45, 7) is 7.48. The number of aryl methyl sites for hydroxylation is 1. The summed E-state index contributed by atoms with van der Waals surface area (Å²) in [5, 5.41) is 12.6. The molecule has 0 aliphatic carbocycles. The first-order chi connectivity index (χ1) is 9.64. The van der Waals surface area contributed by atoms with Gasteiger partial charge in [-0.2, -0.15) is 0 Å². The zero-order valence-electron chi connectivity index (χ0n) is 13.1. The smallest absolute Gasteiger partial charge is 0.407 e. The molecule has 1 rings (SSSR count). The van der Waals surface area contributed by atoms with Crippen LogP contribution < -0.4 is 16.8 Å². The van der Waals surface area contributed by atoms with Gasteiger partial charge in [0, 0.05) is 12.1 Å². The lowest BCUT2D eigenvalue weighted by Crippen LogP contribution is -2.36. The summed E-state index contributed by atoms with van der Waals surface area (Å²) in [7, 11) is 0. The number of carbonyl (C=O) groups excluding carboxylic acids is 1. The molecule has 1 aromatic carbocycles. The fourth-order valence-electron chi connectivity index (χ4n) is 1.85. The Morgan fingerprint density at radius 2 is 2.05 bits per heavy atom. The van der Waals surface area contributed by atoms with Crippen molar-refractivity contribution in [2.45, 2.75) is 45.8 Å². The van der Waals surface area contributed by atoms with E-state index in [-0.39, 0.29) is 18.0 Å².